The summed E-state index contributed by atoms with van der Waals surface area (Å²) in [6.07, 6.45) is 0.231. The van der Waals surface area contributed by atoms with Crippen LogP contribution in [0.3, 0.4) is 0 Å². The van der Waals surface area contributed by atoms with Crippen molar-refractivity contribution in [1.82, 2.24) is 0 Å². The van der Waals surface area contributed by atoms with Crippen LogP contribution in [0, 0.1) is 10.1 Å². The standard InChI is InChI=1S/C12H17NO4.BH2O2/c1-11(2,14)12(3,15)8-9-4-6-10(7-5-9)13(16)17;2-1-3/h4-7,14-15H,8H2,1-3H3;2-3H. The van der Waals surface area contributed by atoms with E-state index in [2.05, 4.69) is 0 Å². The van der Waals surface area contributed by atoms with Crippen LogP contribution >= 0.6 is 0 Å². The second kappa shape index (κ2) is 7.35. The van der Waals surface area contributed by atoms with Gasteiger partial charge < -0.3 is 20.3 Å². The van der Waals surface area contributed by atoms with Gasteiger partial charge in [0.05, 0.1) is 16.1 Å². The summed E-state index contributed by atoms with van der Waals surface area (Å²) in [6.45, 7) is 4.59. The molecule has 0 bridgehead atoms. The molecule has 0 fully saturated rings. The van der Waals surface area contributed by atoms with Crippen molar-refractivity contribution in [2.45, 2.75) is 38.4 Å². The van der Waals surface area contributed by atoms with Crippen LogP contribution in [-0.4, -0.2) is 44.1 Å². The van der Waals surface area contributed by atoms with Gasteiger partial charge in [0.1, 0.15) is 0 Å². The van der Waals surface area contributed by atoms with Gasteiger partial charge in [0.25, 0.3) is 5.69 Å². The molecule has 1 aromatic carbocycles. The fraction of sp³-hybridized carbons (Fsp3) is 0.500. The van der Waals surface area contributed by atoms with Gasteiger partial charge in [-0.25, -0.2) is 0 Å². The molecule has 0 aliphatic heterocycles. The minimum Gasteiger partial charge on any atom is -0.429 e. The van der Waals surface area contributed by atoms with Gasteiger partial charge in [0.15, 0.2) is 0 Å². The lowest BCUT2D eigenvalue weighted by Crippen LogP contribution is -2.49. The lowest BCUT2D eigenvalue weighted by Gasteiger charge is -2.35. The highest BCUT2D eigenvalue weighted by molar-refractivity contribution is 6.13. The van der Waals surface area contributed by atoms with Crippen molar-refractivity contribution in [1.29, 1.82) is 0 Å². The smallest absolute Gasteiger partial charge is 0.429 e. The predicted octanol–water partition coefficient (Wildman–Crippen LogP) is 0.164. The molecule has 0 aliphatic carbocycles. The molecule has 0 saturated carbocycles. The minimum atomic E-state index is -1.29. The molecule has 1 aromatic rings. The molecule has 8 heteroatoms. The first-order valence-corrected chi connectivity index (χ1v) is 5.83. The minimum absolute atomic E-state index is 0. The molecular weight excluding hydrogens is 265 g/mol. The second-order valence-electron chi connectivity index (χ2n) is 5.05. The predicted molar refractivity (Wildman–Crippen MR) is 73.9 cm³/mol. The third-order valence-corrected chi connectivity index (χ3v) is 3.01. The van der Waals surface area contributed by atoms with Crippen molar-refractivity contribution in [3.63, 3.8) is 0 Å². The summed E-state index contributed by atoms with van der Waals surface area (Å²) in [5.74, 6) is 0. The number of benzene rings is 1. The highest BCUT2D eigenvalue weighted by atomic mass is 16.6. The summed E-state index contributed by atoms with van der Waals surface area (Å²) in [5.41, 5.74) is -1.78. The van der Waals surface area contributed by atoms with Crippen LogP contribution in [0.4, 0.5) is 5.69 Å². The van der Waals surface area contributed by atoms with E-state index < -0.39 is 16.1 Å². The maximum atomic E-state index is 10.5. The highest BCUT2D eigenvalue weighted by Crippen LogP contribution is 2.26. The maximum absolute atomic E-state index is 10.5. The first-order chi connectivity index (χ1) is 9.05. The van der Waals surface area contributed by atoms with Gasteiger partial charge in [0.2, 0.25) is 0 Å². The number of nitrogens with zero attached hydrogens (tertiary/aromatic N) is 1. The lowest BCUT2D eigenvalue weighted by molar-refractivity contribution is -0.384. The van der Waals surface area contributed by atoms with Crippen LogP contribution in [0.1, 0.15) is 26.3 Å². The largest absolute Gasteiger partial charge is 0.482 e. The van der Waals surface area contributed by atoms with E-state index in [4.69, 9.17) is 10.0 Å². The number of hydrogen-bond donors (Lipinski definition) is 4. The first-order valence-electron chi connectivity index (χ1n) is 5.83. The van der Waals surface area contributed by atoms with Gasteiger partial charge in [-0.1, -0.05) is 12.1 Å². The van der Waals surface area contributed by atoms with Gasteiger partial charge in [-0.15, -0.1) is 0 Å². The Morgan fingerprint density at radius 3 is 1.85 bits per heavy atom. The van der Waals surface area contributed by atoms with Gasteiger partial charge in [-0.05, 0) is 26.3 Å². The molecule has 0 aromatic heterocycles. The molecule has 0 amide bonds. The Hall–Kier alpha value is -1.48. The lowest BCUT2D eigenvalue weighted by atomic mass is 9.82. The molecule has 7 nitrogen and oxygen atoms in total. The fourth-order valence-corrected chi connectivity index (χ4v) is 1.35. The molecule has 1 radical (unpaired) electrons. The Morgan fingerprint density at radius 2 is 1.55 bits per heavy atom. The van der Waals surface area contributed by atoms with E-state index in [1.54, 1.807) is 12.1 Å². The number of non-ortho nitro benzene ring substituents is 1. The molecule has 4 N–H and O–H groups in total. The van der Waals surface area contributed by atoms with E-state index >= 15 is 0 Å². The third-order valence-electron chi connectivity index (χ3n) is 3.01. The zero-order valence-corrected chi connectivity index (χ0v) is 11.6. The molecule has 1 unspecified atom stereocenters. The van der Waals surface area contributed by atoms with E-state index in [-0.39, 0.29) is 19.8 Å². The normalized spacial score (nSPS) is 13.8. The molecule has 0 saturated heterocycles. The molecule has 0 aliphatic rings. The Kier molecular flexibility index (Phi) is 6.80. The SMILES string of the molecule is CC(C)(O)C(C)(O)Cc1ccc([N+](=O)[O-])cc1.O[B]O. The molecular formula is C12H19BNO6. The van der Waals surface area contributed by atoms with Crippen LogP contribution in [0.2, 0.25) is 0 Å². The van der Waals surface area contributed by atoms with Crippen LogP contribution in [0.15, 0.2) is 24.3 Å². The maximum Gasteiger partial charge on any atom is 0.482 e. The van der Waals surface area contributed by atoms with E-state index in [0.29, 0.717) is 0 Å². The average Bonchev–Trinajstić information content (AvgIpc) is 2.28. The quantitative estimate of drug-likeness (QED) is 0.355. The van der Waals surface area contributed by atoms with Crippen molar-refractivity contribution < 1.29 is 25.2 Å². The monoisotopic (exact) mass is 284 g/mol. The molecule has 0 heterocycles. The Balaban J connectivity index is 0.00000110. The van der Waals surface area contributed by atoms with Gasteiger partial charge in [-0.3, -0.25) is 10.1 Å². The van der Waals surface area contributed by atoms with Crippen LogP contribution in [-0.2, 0) is 6.42 Å². The summed E-state index contributed by atoms with van der Waals surface area (Å²) in [5, 5.41) is 44.4. The molecule has 0 spiro atoms. The Morgan fingerprint density at radius 1 is 1.15 bits per heavy atom. The van der Waals surface area contributed by atoms with Crippen molar-refractivity contribution in [3.8, 4) is 0 Å². The van der Waals surface area contributed by atoms with Crippen molar-refractivity contribution in [2.24, 2.45) is 0 Å². The summed E-state index contributed by atoms with van der Waals surface area (Å²) in [7, 11) is 0. The molecule has 1 atom stereocenters. The zero-order chi connectivity index (χ0) is 16.0. The number of rotatable bonds is 4. The molecule has 20 heavy (non-hydrogen) atoms. The van der Waals surface area contributed by atoms with E-state index in [1.165, 1.54) is 32.9 Å². The van der Waals surface area contributed by atoms with Gasteiger partial charge in [0, 0.05) is 18.6 Å². The van der Waals surface area contributed by atoms with E-state index in [1.807, 2.05) is 0 Å². The fourth-order valence-electron chi connectivity index (χ4n) is 1.35. The second-order valence-corrected chi connectivity index (χ2v) is 5.05. The number of hydrogen-bond acceptors (Lipinski definition) is 6. The molecule has 111 valence electrons. The number of nitro benzene ring substituents is 1. The summed E-state index contributed by atoms with van der Waals surface area (Å²) >= 11 is 0. The topological polar surface area (TPSA) is 124 Å². The van der Waals surface area contributed by atoms with E-state index in [0.717, 1.165) is 5.56 Å². The summed E-state index contributed by atoms with van der Waals surface area (Å²) < 4.78 is 0. The summed E-state index contributed by atoms with van der Waals surface area (Å²) in [6, 6.07) is 5.93. The Bertz CT molecular complexity index is 427. The summed E-state index contributed by atoms with van der Waals surface area (Å²) in [4.78, 5) is 10.00. The number of aliphatic hydroxyl groups is 2. The average molecular weight is 284 g/mol. The van der Waals surface area contributed by atoms with Crippen molar-refractivity contribution in [2.75, 3.05) is 0 Å². The van der Waals surface area contributed by atoms with Crippen molar-refractivity contribution >= 4 is 13.4 Å². The number of nitro groups is 1. The zero-order valence-electron chi connectivity index (χ0n) is 11.6. The van der Waals surface area contributed by atoms with Crippen LogP contribution < -0.4 is 0 Å². The first kappa shape index (κ1) is 18.5. The van der Waals surface area contributed by atoms with Crippen molar-refractivity contribution in [3.05, 3.63) is 39.9 Å². The van der Waals surface area contributed by atoms with E-state index in [9.17, 15) is 20.3 Å². The molecule has 1 rings (SSSR count). The highest BCUT2D eigenvalue weighted by Gasteiger charge is 2.37. The van der Waals surface area contributed by atoms with Gasteiger partial charge in [-0.2, -0.15) is 0 Å². The third kappa shape index (κ3) is 5.66. The Labute approximate surface area is 118 Å². The van der Waals surface area contributed by atoms with Gasteiger partial charge >= 0.3 is 7.69 Å². The van der Waals surface area contributed by atoms with Crippen LogP contribution in [0.25, 0.3) is 0 Å². The van der Waals surface area contributed by atoms with Crippen LogP contribution in [0.5, 0.6) is 0 Å².